The molecule has 0 aromatic heterocycles. The fourth-order valence-corrected chi connectivity index (χ4v) is 3.86. The molecule has 24 heavy (non-hydrogen) atoms. The SMILES string of the molecule is COc1ccc(S(=O)(=O)c2cc(Cl)ccc2CNCC(=O)O)cc1. The number of nitrogens with one attached hydrogen (secondary N) is 1. The van der Waals surface area contributed by atoms with Crippen LogP contribution in [0.25, 0.3) is 0 Å². The van der Waals surface area contributed by atoms with E-state index >= 15 is 0 Å². The molecule has 0 amide bonds. The predicted octanol–water partition coefficient (Wildman–Crippen LogP) is 2.36. The Morgan fingerprint density at radius 2 is 1.88 bits per heavy atom. The minimum atomic E-state index is -3.80. The summed E-state index contributed by atoms with van der Waals surface area (Å²) < 4.78 is 30.7. The minimum absolute atomic E-state index is 0.0399. The summed E-state index contributed by atoms with van der Waals surface area (Å²) in [4.78, 5) is 10.7. The Kier molecular flexibility index (Phi) is 5.82. The van der Waals surface area contributed by atoms with Gasteiger partial charge in [0, 0.05) is 11.6 Å². The van der Waals surface area contributed by atoms with Crippen molar-refractivity contribution in [2.24, 2.45) is 0 Å². The summed E-state index contributed by atoms with van der Waals surface area (Å²) in [5.41, 5.74) is 0.441. The Hall–Kier alpha value is -2.09. The average Bonchev–Trinajstić information content (AvgIpc) is 2.56. The quantitative estimate of drug-likeness (QED) is 0.778. The molecule has 0 fully saturated rings. The summed E-state index contributed by atoms with van der Waals surface area (Å²) in [7, 11) is -2.30. The van der Waals surface area contributed by atoms with E-state index in [4.69, 9.17) is 21.4 Å². The van der Waals surface area contributed by atoms with Gasteiger partial charge in [-0.1, -0.05) is 17.7 Å². The van der Waals surface area contributed by atoms with Crippen LogP contribution in [-0.4, -0.2) is 33.1 Å². The van der Waals surface area contributed by atoms with E-state index in [1.165, 1.54) is 25.3 Å². The van der Waals surface area contributed by atoms with Gasteiger partial charge >= 0.3 is 5.97 Å². The van der Waals surface area contributed by atoms with Gasteiger partial charge in [0.25, 0.3) is 0 Å². The lowest BCUT2D eigenvalue weighted by Gasteiger charge is -2.12. The maximum Gasteiger partial charge on any atom is 0.317 e. The first-order chi connectivity index (χ1) is 11.3. The number of carbonyl (C=O) groups is 1. The summed E-state index contributed by atoms with van der Waals surface area (Å²) >= 11 is 5.94. The minimum Gasteiger partial charge on any atom is -0.497 e. The zero-order valence-electron chi connectivity index (χ0n) is 12.8. The van der Waals surface area contributed by atoms with E-state index in [9.17, 15) is 13.2 Å². The number of methoxy groups -OCH3 is 1. The number of carboxylic acids is 1. The number of benzene rings is 2. The van der Waals surface area contributed by atoms with Crippen LogP contribution in [0.5, 0.6) is 5.75 Å². The van der Waals surface area contributed by atoms with Crippen molar-refractivity contribution in [3.63, 3.8) is 0 Å². The second-order valence-electron chi connectivity index (χ2n) is 4.93. The van der Waals surface area contributed by atoms with E-state index in [-0.39, 0.29) is 27.9 Å². The number of rotatable bonds is 7. The van der Waals surface area contributed by atoms with Crippen LogP contribution in [-0.2, 0) is 21.2 Å². The highest BCUT2D eigenvalue weighted by atomic mass is 35.5. The first-order valence-corrected chi connectivity index (χ1v) is 8.81. The Labute approximate surface area is 144 Å². The molecular formula is C16H16ClNO5S. The Morgan fingerprint density at radius 3 is 2.46 bits per heavy atom. The molecule has 0 aliphatic rings. The van der Waals surface area contributed by atoms with Crippen molar-refractivity contribution in [3.8, 4) is 5.75 Å². The van der Waals surface area contributed by atoms with Gasteiger partial charge in [0.05, 0.1) is 23.4 Å². The molecule has 2 rings (SSSR count). The number of hydrogen-bond donors (Lipinski definition) is 2. The van der Waals surface area contributed by atoms with E-state index in [2.05, 4.69) is 5.32 Å². The van der Waals surface area contributed by atoms with E-state index in [0.29, 0.717) is 11.3 Å². The van der Waals surface area contributed by atoms with Crippen molar-refractivity contribution in [2.45, 2.75) is 16.3 Å². The molecule has 0 atom stereocenters. The lowest BCUT2D eigenvalue weighted by Crippen LogP contribution is -2.23. The molecule has 0 unspecified atom stereocenters. The summed E-state index contributed by atoms with van der Waals surface area (Å²) in [6.07, 6.45) is 0. The lowest BCUT2D eigenvalue weighted by atomic mass is 10.2. The standard InChI is InChI=1S/C16H16ClNO5S/c1-23-13-4-6-14(7-5-13)24(21,22)15-8-12(17)3-2-11(15)9-18-10-16(19)20/h2-8,18H,9-10H2,1H3,(H,19,20). The van der Waals surface area contributed by atoms with E-state index in [0.717, 1.165) is 0 Å². The zero-order valence-corrected chi connectivity index (χ0v) is 14.4. The number of hydrogen-bond acceptors (Lipinski definition) is 5. The topological polar surface area (TPSA) is 92.7 Å². The highest BCUT2D eigenvalue weighted by molar-refractivity contribution is 7.91. The molecule has 8 heteroatoms. The molecule has 0 spiro atoms. The molecule has 128 valence electrons. The van der Waals surface area contributed by atoms with E-state index in [1.807, 2.05) is 0 Å². The van der Waals surface area contributed by atoms with Crippen LogP contribution in [0.4, 0.5) is 0 Å². The largest absolute Gasteiger partial charge is 0.497 e. The van der Waals surface area contributed by atoms with Crippen molar-refractivity contribution in [2.75, 3.05) is 13.7 Å². The van der Waals surface area contributed by atoms with Crippen molar-refractivity contribution < 1.29 is 23.1 Å². The number of sulfone groups is 1. The molecule has 0 saturated carbocycles. The monoisotopic (exact) mass is 369 g/mol. The molecule has 0 aliphatic heterocycles. The van der Waals surface area contributed by atoms with Gasteiger partial charge in [-0.05, 0) is 42.0 Å². The molecule has 6 nitrogen and oxygen atoms in total. The van der Waals surface area contributed by atoms with E-state index < -0.39 is 15.8 Å². The molecule has 0 heterocycles. The maximum atomic E-state index is 12.9. The van der Waals surface area contributed by atoms with Crippen LogP contribution in [0.2, 0.25) is 5.02 Å². The lowest BCUT2D eigenvalue weighted by molar-refractivity contribution is -0.136. The van der Waals surface area contributed by atoms with Crippen LogP contribution < -0.4 is 10.1 Å². The molecule has 2 aromatic rings. The number of ether oxygens (including phenoxy) is 1. The fourth-order valence-electron chi connectivity index (χ4n) is 2.11. The van der Waals surface area contributed by atoms with Gasteiger partial charge in [-0.15, -0.1) is 0 Å². The molecular weight excluding hydrogens is 354 g/mol. The molecule has 0 saturated heterocycles. The van der Waals surface area contributed by atoms with Gasteiger partial charge in [0.2, 0.25) is 9.84 Å². The highest BCUT2D eigenvalue weighted by Gasteiger charge is 2.22. The molecule has 2 aromatic carbocycles. The van der Waals surface area contributed by atoms with Crippen molar-refractivity contribution in [1.82, 2.24) is 5.32 Å². The van der Waals surface area contributed by atoms with Crippen molar-refractivity contribution in [3.05, 3.63) is 53.1 Å². The molecule has 0 bridgehead atoms. The van der Waals surface area contributed by atoms with Gasteiger partial charge in [0.1, 0.15) is 5.75 Å². The smallest absolute Gasteiger partial charge is 0.317 e. The van der Waals surface area contributed by atoms with Crippen LogP contribution in [0.15, 0.2) is 52.3 Å². The Morgan fingerprint density at radius 1 is 1.21 bits per heavy atom. The predicted molar refractivity (Wildman–Crippen MR) is 89.2 cm³/mol. The number of aliphatic carboxylic acids is 1. The summed E-state index contributed by atoms with van der Waals surface area (Å²) in [6, 6.07) is 10.5. The summed E-state index contributed by atoms with van der Waals surface area (Å²) in [6.45, 7) is -0.182. The third-order valence-electron chi connectivity index (χ3n) is 3.28. The maximum absolute atomic E-state index is 12.9. The Bertz CT molecular complexity index is 834. The van der Waals surface area contributed by atoms with Crippen molar-refractivity contribution in [1.29, 1.82) is 0 Å². The second-order valence-corrected chi connectivity index (χ2v) is 7.28. The molecule has 2 N–H and O–H groups in total. The van der Waals surface area contributed by atoms with Gasteiger partial charge in [-0.2, -0.15) is 0 Å². The highest BCUT2D eigenvalue weighted by Crippen LogP contribution is 2.28. The average molecular weight is 370 g/mol. The molecule has 0 aliphatic carbocycles. The van der Waals surface area contributed by atoms with Crippen LogP contribution in [0.3, 0.4) is 0 Å². The molecule has 0 radical (unpaired) electrons. The first-order valence-electron chi connectivity index (χ1n) is 6.94. The summed E-state index contributed by atoms with van der Waals surface area (Å²) in [5, 5.41) is 11.6. The third-order valence-corrected chi connectivity index (χ3v) is 5.37. The van der Waals surface area contributed by atoms with Crippen LogP contribution in [0.1, 0.15) is 5.56 Å². The van der Waals surface area contributed by atoms with Gasteiger partial charge in [-0.25, -0.2) is 8.42 Å². The van der Waals surface area contributed by atoms with Crippen LogP contribution >= 0.6 is 11.6 Å². The second kappa shape index (κ2) is 7.65. The van der Waals surface area contributed by atoms with Crippen molar-refractivity contribution >= 4 is 27.4 Å². The fraction of sp³-hybridized carbons (Fsp3) is 0.188. The number of carboxylic acid groups (broad SMARTS) is 1. The first kappa shape index (κ1) is 18.3. The van der Waals surface area contributed by atoms with Crippen LogP contribution in [0, 0.1) is 0 Å². The summed E-state index contributed by atoms with van der Waals surface area (Å²) in [5.74, 6) is -0.480. The Balaban J connectivity index is 2.40. The number of halogens is 1. The van der Waals surface area contributed by atoms with Gasteiger partial charge in [0.15, 0.2) is 0 Å². The van der Waals surface area contributed by atoms with E-state index in [1.54, 1.807) is 24.3 Å². The zero-order chi connectivity index (χ0) is 17.7. The van der Waals surface area contributed by atoms with Gasteiger partial charge in [-0.3, -0.25) is 4.79 Å². The van der Waals surface area contributed by atoms with Gasteiger partial charge < -0.3 is 15.2 Å². The normalized spacial score (nSPS) is 11.2. The third kappa shape index (κ3) is 4.25.